The molecule has 6 heteroatoms. The highest BCUT2D eigenvalue weighted by Crippen LogP contribution is 2.21. The second kappa shape index (κ2) is 5.62. The smallest absolute Gasteiger partial charge is 0.389 e. The van der Waals surface area contributed by atoms with Gasteiger partial charge in [0.2, 0.25) is 0 Å². The van der Waals surface area contributed by atoms with Gasteiger partial charge in [-0.05, 0) is 13.3 Å². The number of rotatable bonds is 5. The summed E-state index contributed by atoms with van der Waals surface area (Å²) in [6, 6.07) is 0. The molecule has 0 aromatic carbocycles. The second-order valence-corrected chi connectivity index (χ2v) is 2.70. The van der Waals surface area contributed by atoms with Crippen molar-refractivity contribution in [3.05, 3.63) is 0 Å². The van der Waals surface area contributed by atoms with Crippen molar-refractivity contribution >= 4 is 11.7 Å². The third kappa shape index (κ3) is 7.57. The molecule has 0 heterocycles. The highest BCUT2D eigenvalue weighted by atomic mass is 19.4. The Hall–Kier alpha value is -1.07. The zero-order valence-corrected chi connectivity index (χ0v) is 7.78. The summed E-state index contributed by atoms with van der Waals surface area (Å²) in [4.78, 5) is 10.7. The van der Waals surface area contributed by atoms with Crippen LogP contribution < -0.4 is 0 Å². The Morgan fingerprint density at radius 1 is 1.43 bits per heavy atom. The van der Waals surface area contributed by atoms with Crippen LogP contribution in [-0.2, 0) is 9.53 Å². The number of ether oxygens (including phenoxy) is 1. The fourth-order valence-electron chi connectivity index (χ4n) is 0.767. The molecule has 0 amide bonds. The minimum Gasteiger partial charge on any atom is -0.466 e. The Morgan fingerprint density at radius 3 is 2.43 bits per heavy atom. The maximum Gasteiger partial charge on any atom is 0.389 e. The molecule has 0 radical (unpaired) electrons. The molecule has 0 fully saturated rings. The van der Waals surface area contributed by atoms with Gasteiger partial charge in [0.15, 0.2) is 0 Å². The Balaban J connectivity index is 3.71. The van der Waals surface area contributed by atoms with Gasteiger partial charge in [0.25, 0.3) is 0 Å². The van der Waals surface area contributed by atoms with Crippen LogP contribution in [0.25, 0.3) is 0 Å². The summed E-state index contributed by atoms with van der Waals surface area (Å²) in [6.07, 6.45) is -6.14. The molecule has 1 N–H and O–H groups in total. The van der Waals surface area contributed by atoms with Crippen LogP contribution in [0.15, 0.2) is 0 Å². The van der Waals surface area contributed by atoms with E-state index in [1.54, 1.807) is 6.92 Å². The number of carbonyl (C=O) groups is 1. The van der Waals surface area contributed by atoms with Gasteiger partial charge in [0.1, 0.15) is 0 Å². The molecule has 0 rings (SSSR count). The van der Waals surface area contributed by atoms with Gasteiger partial charge >= 0.3 is 12.1 Å². The van der Waals surface area contributed by atoms with E-state index in [0.717, 1.165) is 0 Å². The lowest BCUT2D eigenvalue weighted by atomic mass is 10.1. The molecule has 0 aliphatic carbocycles. The summed E-state index contributed by atoms with van der Waals surface area (Å²) in [5.41, 5.74) is -0.249. The normalized spacial score (nSPS) is 11.1. The van der Waals surface area contributed by atoms with Crippen molar-refractivity contribution in [2.45, 2.75) is 32.4 Å². The van der Waals surface area contributed by atoms with Crippen LogP contribution in [0.5, 0.6) is 0 Å². The molecule has 0 saturated carbocycles. The van der Waals surface area contributed by atoms with Gasteiger partial charge in [-0.15, -0.1) is 0 Å². The van der Waals surface area contributed by atoms with Crippen LogP contribution in [0.2, 0.25) is 0 Å². The van der Waals surface area contributed by atoms with Gasteiger partial charge < -0.3 is 10.1 Å². The summed E-state index contributed by atoms with van der Waals surface area (Å²) in [6.45, 7) is 1.77. The van der Waals surface area contributed by atoms with E-state index in [2.05, 4.69) is 4.74 Å². The zero-order chi connectivity index (χ0) is 11.2. The van der Waals surface area contributed by atoms with E-state index in [1.807, 2.05) is 0 Å². The van der Waals surface area contributed by atoms with Crippen LogP contribution in [0, 0.1) is 5.41 Å². The quantitative estimate of drug-likeness (QED) is 0.560. The van der Waals surface area contributed by atoms with Crippen molar-refractivity contribution in [2.24, 2.45) is 0 Å². The first kappa shape index (κ1) is 12.9. The Labute approximate surface area is 79.8 Å². The predicted octanol–water partition coefficient (Wildman–Crippen LogP) is 2.30. The lowest BCUT2D eigenvalue weighted by Gasteiger charge is -2.06. The molecule has 0 spiro atoms. The Bertz CT molecular complexity index is 213. The van der Waals surface area contributed by atoms with Gasteiger partial charge in [-0.1, -0.05) is 0 Å². The zero-order valence-electron chi connectivity index (χ0n) is 7.78. The van der Waals surface area contributed by atoms with Crippen molar-refractivity contribution in [1.82, 2.24) is 0 Å². The monoisotopic (exact) mass is 211 g/mol. The van der Waals surface area contributed by atoms with Crippen LogP contribution in [0.4, 0.5) is 13.2 Å². The Kier molecular flexibility index (Phi) is 5.19. The van der Waals surface area contributed by atoms with Gasteiger partial charge in [-0.25, -0.2) is 0 Å². The maximum absolute atomic E-state index is 11.7. The number of alkyl halides is 3. The molecular formula is C8H12F3NO2. The molecule has 3 nitrogen and oxygen atoms in total. The molecule has 0 aromatic heterocycles. The molecule has 14 heavy (non-hydrogen) atoms. The van der Waals surface area contributed by atoms with Crippen molar-refractivity contribution in [1.29, 1.82) is 5.41 Å². The minimum absolute atomic E-state index is 0.172. The average molecular weight is 211 g/mol. The summed E-state index contributed by atoms with van der Waals surface area (Å²) >= 11 is 0. The lowest BCUT2D eigenvalue weighted by Crippen LogP contribution is -2.14. The number of carbonyl (C=O) groups excluding carboxylic acids is 1. The first-order valence-electron chi connectivity index (χ1n) is 4.14. The summed E-state index contributed by atoms with van der Waals surface area (Å²) in [5.74, 6) is -0.653. The standard InChI is InChI=1S/C8H12F3NO2/c1-2-14-7(13)5-6(12)3-4-8(9,10)11/h12H,2-5H2,1H3. The molecule has 0 unspecified atom stereocenters. The Morgan fingerprint density at radius 2 is 2.00 bits per heavy atom. The van der Waals surface area contributed by atoms with E-state index in [1.165, 1.54) is 0 Å². The topological polar surface area (TPSA) is 50.2 Å². The number of hydrogen-bond acceptors (Lipinski definition) is 3. The predicted molar refractivity (Wildman–Crippen MR) is 44.3 cm³/mol. The van der Waals surface area contributed by atoms with Crippen LogP contribution in [0.3, 0.4) is 0 Å². The summed E-state index contributed by atoms with van der Waals surface area (Å²) < 4.78 is 39.5. The second-order valence-electron chi connectivity index (χ2n) is 2.70. The average Bonchev–Trinajstić information content (AvgIpc) is 2.00. The highest BCUT2D eigenvalue weighted by Gasteiger charge is 2.27. The highest BCUT2D eigenvalue weighted by molar-refractivity contribution is 5.97. The molecule has 0 aromatic rings. The maximum atomic E-state index is 11.7. The van der Waals surface area contributed by atoms with E-state index in [0.29, 0.717) is 0 Å². The molecule has 0 aliphatic rings. The molecule has 82 valence electrons. The van der Waals surface area contributed by atoms with Gasteiger partial charge in [-0.2, -0.15) is 13.2 Å². The van der Waals surface area contributed by atoms with Crippen LogP contribution in [-0.4, -0.2) is 24.5 Å². The number of hydrogen-bond donors (Lipinski definition) is 1. The SMILES string of the molecule is CCOC(=O)CC(=N)CCC(F)(F)F. The van der Waals surface area contributed by atoms with Crippen LogP contribution >= 0.6 is 0 Å². The first-order chi connectivity index (χ1) is 6.35. The minimum atomic E-state index is -4.28. The van der Waals surface area contributed by atoms with E-state index in [9.17, 15) is 18.0 Å². The fourth-order valence-corrected chi connectivity index (χ4v) is 0.767. The molecular weight excluding hydrogens is 199 g/mol. The van der Waals surface area contributed by atoms with E-state index >= 15 is 0 Å². The van der Waals surface area contributed by atoms with Crippen molar-refractivity contribution < 1.29 is 22.7 Å². The fraction of sp³-hybridized carbons (Fsp3) is 0.750. The molecule has 0 bridgehead atoms. The third-order valence-electron chi connectivity index (χ3n) is 1.37. The molecule has 0 saturated heterocycles. The molecule has 0 aliphatic heterocycles. The van der Waals surface area contributed by atoms with Gasteiger partial charge in [0, 0.05) is 12.1 Å². The summed E-state index contributed by atoms with van der Waals surface area (Å²) in [7, 11) is 0. The van der Waals surface area contributed by atoms with E-state index in [4.69, 9.17) is 5.41 Å². The van der Waals surface area contributed by atoms with Crippen molar-refractivity contribution in [3.8, 4) is 0 Å². The summed E-state index contributed by atoms with van der Waals surface area (Å²) in [5, 5.41) is 7.08. The first-order valence-corrected chi connectivity index (χ1v) is 4.14. The lowest BCUT2D eigenvalue weighted by molar-refractivity contribution is -0.142. The van der Waals surface area contributed by atoms with Gasteiger partial charge in [-0.3, -0.25) is 4.79 Å². The van der Waals surface area contributed by atoms with Gasteiger partial charge in [0.05, 0.1) is 13.0 Å². The number of esters is 1. The largest absolute Gasteiger partial charge is 0.466 e. The van der Waals surface area contributed by atoms with E-state index in [-0.39, 0.29) is 18.7 Å². The van der Waals surface area contributed by atoms with Crippen molar-refractivity contribution in [2.75, 3.05) is 6.61 Å². The molecule has 0 atom stereocenters. The van der Waals surface area contributed by atoms with E-state index < -0.39 is 25.0 Å². The van der Waals surface area contributed by atoms with Crippen LogP contribution in [0.1, 0.15) is 26.2 Å². The third-order valence-corrected chi connectivity index (χ3v) is 1.37. The van der Waals surface area contributed by atoms with Crippen molar-refractivity contribution in [3.63, 3.8) is 0 Å². The number of nitrogens with one attached hydrogen (secondary N) is 1. The number of halogens is 3.